The molecule has 0 saturated heterocycles. The van der Waals surface area contributed by atoms with Crippen molar-refractivity contribution in [3.63, 3.8) is 0 Å². The molecule has 0 unspecified atom stereocenters. The van der Waals surface area contributed by atoms with Gasteiger partial charge in [-0.1, -0.05) is 12.1 Å². The summed E-state index contributed by atoms with van der Waals surface area (Å²) >= 11 is 1.14. The van der Waals surface area contributed by atoms with Crippen molar-refractivity contribution in [1.29, 1.82) is 0 Å². The zero-order valence-corrected chi connectivity index (χ0v) is 11.4. The van der Waals surface area contributed by atoms with Crippen LogP contribution in [0, 0.1) is 10.1 Å². The van der Waals surface area contributed by atoms with Gasteiger partial charge in [-0.3, -0.25) is 14.9 Å². The van der Waals surface area contributed by atoms with Gasteiger partial charge < -0.3 is 9.84 Å². The number of rotatable bonds is 6. The largest absolute Gasteiger partial charge is 0.465 e. The van der Waals surface area contributed by atoms with Crippen LogP contribution in [0.5, 0.6) is 0 Å². The van der Waals surface area contributed by atoms with Crippen molar-refractivity contribution in [3.05, 3.63) is 39.9 Å². The van der Waals surface area contributed by atoms with Crippen LogP contribution >= 0.6 is 11.8 Å². The molecule has 104 valence electrons. The first-order valence-electron chi connectivity index (χ1n) is 5.63. The maximum atomic E-state index is 11.7. The molecule has 0 aliphatic heterocycles. The summed E-state index contributed by atoms with van der Waals surface area (Å²) in [5.41, 5.74) is 0.196. The molecule has 0 aromatic heterocycles. The third-order valence-electron chi connectivity index (χ3n) is 2.48. The quantitative estimate of drug-likeness (QED) is 0.488. The minimum atomic E-state index is -1.14. The van der Waals surface area contributed by atoms with Crippen LogP contribution in [0.4, 0.5) is 5.69 Å². The Labute approximate surface area is 114 Å². The lowest BCUT2D eigenvalue weighted by molar-refractivity contribution is -0.385. The van der Waals surface area contributed by atoms with Gasteiger partial charge in [0.15, 0.2) is 0 Å². The van der Waals surface area contributed by atoms with Gasteiger partial charge in [-0.15, -0.1) is 11.8 Å². The molecule has 0 spiro atoms. The van der Waals surface area contributed by atoms with Crippen molar-refractivity contribution < 1.29 is 19.6 Å². The Bertz CT molecular complexity index is 465. The number of benzene rings is 1. The highest BCUT2D eigenvalue weighted by Gasteiger charge is 2.29. The van der Waals surface area contributed by atoms with E-state index in [0.717, 1.165) is 11.8 Å². The van der Waals surface area contributed by atoms with E-state index in [0.29, 0.717) is 5.56 Å². The number of carbonyl (C=O) groups is 1. The Morgan fingerprint density at radius 1 is 1.58 bits per heavy atom. The fraction of sp³-hybridized carbons (Fsp3) is 0.417. The van der Waals surface area contributed by atoms with E-state index < -0.39 is 22.2 Å². The van der Waals surface area contributed by atoms with Crippen LogP contribution in [0.1, 0.15) is 18.6 Å². The summed E-state index contributed by atoms with van der Waals surface area (Å²) in [6, 6.07) is 5.60. The standard InChI is InChI=1S/C12H15NO5S/c1-3-18-12(15)11(19-2)10(14)8-5-4-6-9(7-8)13(16)17/h4-7,10-11,14H,3H2,1-2H3/t10-,11+/m1/s1. The number of nitro groups is 1. The number of hydrogen-bond acceptors (Lipinski definition) is 6. The first-order chi connectivity index (χ1) is 9.01. The molecule has 0 amide bonds. The van der Waals surface area contributed by atoms with Crippen molar-refractivity contribution in [2.24, 2.45) is 0 Å². The smallest absolute Gasteiger partial charge is 0.322 e. The summed E-state index contributed by atoms with van der Waals surface area (Å²) < 4.78 is 4.86. The van der Waals surface area contributed by atoms with E-state index in [1.807, 2.05) is 0 Å². The van der Waals surface area contributed by atoms with Gasteiger partial charge in [0.2, 0.25) is 0 Å². The molecule has 0 radical (unpaired) electrons. The van der Waals surface area contributed by atoms with Gasteiger partial charge >= 0.3 is 5.97 Å². The molecule has 7 heteroatoms. The van der Waals surface area contributed by atoms with Crippen molar-refractivity contribution >= 4 is 23.4 Å². The fourth-order valence-electron chi connectivity index (χ4n) is 1.58. The van der Waals surface area contributed by atoms with E-state index in [-0.39, 0.29) is 12.3 Å². The van der Waals surface area contributed by atoms with E-state index in [1.165, 1.54) is 18.2 Å². The third-order valence-corrected chi connectivity index (χ3v) is 3.44. The fourth-order valence-corrected chi connectivity index (χ4v) is 2.25. The number of nitro benzene ring substituents is 1. The molecular weight excluding hydrogens is 270 g/mol. The molecule has 19 heavy (non-hydrogen) atoms. The number of thioether (sulfide) groups is 1. The Morgan fingerprint density at radius 2 is 2.26 bits per heavy atom. The van der Waals surface area contributed by atoms with Gasteiger partial charge in [0, 0.05) is 12.1 Å². The average molecular weight is 285 g/mol. The molecule has 1 aromatic rings. The van der Waals surface area contributed by atoms with Crippen molar-refractivity contribution in [2.75, 3.05) is 12.9 Å². The summed E-state index contributed by atoms with van der Waals surface area (Å²) in [6.07, 6.45) is 0.524. The van der Waals surface area contributed by atoms with Crippen molar-refractivity contribution in [1.82, 2.24) is 0 Å². The number of hydrogen-bond donors (Lipinski definition) is 1. The maximum Gasteiger partial charge on any atom is 0.322 e. The number of non-ortho nitro benzene ring substituents is 1. The second-order valence-corrected chi connectivity index (χ2v) is 4.68. The second-order valence-electron chi connectivity index (χ2n) is 3.71. The summed E-state index contributed by atoms with van der Waals surface area (Å²) in [6.45, 7) is 1.90. The molecule has 1 aromatic carbocycles. The lowest BCUT2D eigenvalue weighted by atomic mass is 10.1. The maximum absolute atomic E-state index is 11.7. The predicted octanol–water partition coefficient (Wildman–Crippen LogP) is 1.92. The third kappa shape index (κ3) is 3.93. The van der Waals surface area contributed by atoms with Gasteiger partial charge in [0.05, 0.1) is 11.5 Å². The molecule has 6 nitrogen and oxygen atoms in total. The van der Waals surface area contributed by atoms with Crippen LogP contribution in [0.15, 0.2) is 24.3 Å². The first-order valence-corrected chi connectivity index (χ1v) is 6.91. The monoisotopic (exact) mass is 285 g/mol. The minimum absolute atomic E-state index is 0.125. The molecule has 0 aliphatic rings. The molecule has 0 aliphatic carbocycles. The van der Waals surface area contributed by atoms with E-state index in [1.54, 1.807) is 19.2 Å². The van der Waals surface area contributed by atoms with E-state index >= 15 is 0 Å². The van der Waals surface area contributed by atoms with Gasteiger partial charge in [0.1, 0.15) is 11.4 Å². The number of esters is 1. The van der Waals surface area contributed by atoms with E-state index in [9.17, 15) is 20.0 Å². The Hall–Kier alpha value is -1.60. The molecule has 1 rings (SSSR count). The Morgan fingerprint density at radius 3 is 2.79 bits per heavy atom. The number of carbonyl (C=O) groups excluding carboxylic acids is 1. The number of aliphatic hydroxyl groups excluding tert-OH is 1. The normalized spacial score (nSPS) is 13.6. The summed E-state index contributed by atoms with van der Waals surface area (Å²) in [4.78, 5) is 21.8. The number of aliphatic hydroxyl groups is 1. The summed E-state index contributed by atoms with van der Waals surface area (Å²) in [5, 5.41) is 20.0. The highest BCUT2D eigenvalue weighted by Crippen LogP contribution is 2.28. The lowest BCUT2D eigenvalue weighted by Gasteiger charge is -2.19. The minimum Gasteiger partial charge on any atom is -0.465 e. The zero-order valence-electron chi connectivity index (χ0n) is 10.6. The van der Waals surface area contributed by atoms with Crippen LogP contribution in [0.25, 0.3) is 0 Å². The van der Waals surface area contributed by atoms with Gasteiger partial charge in [-0.05, 0) is 18.7 Å². The lowest BCUT2D eigenvalue weighted by Crippen LogP contribution is -2.27. The van der Waals surface area contributed by atoms with Crippen LogP contribution in [0.2, 0.25) is 0 Å². The van der Waals surface area contributed by atoms with Crippen molar-refractivity contribution in [3.8, 4) is 0 Å². The molecular formula is C12H15NO5S. The Kier molecular flexibility index (Phi) is 5.78. The molecule has 0 heterocycles. The van der Waals surface area contributed by atoms with Crippen LogP contribution < -0.4 is 0 Å². The van der Waals surface area contributed by atoms with Crippen LogP contribution in [0.3, 0.4) is 0 Å². The molecule has 2 atom stereocenters. The predicted molar refractivity (Wildman–Crippen MR) is 72.0 cm³/mol. The SMILES string of the molecule is CCOC(=O)[C@@H](SC)[C@H](O)c1cccc([N+](=O)[O-])c1. The summed E-state index contributed by atoms with van der Waals surface area (Å²) in [7, 11) is 0. The zero-order chi connectivity index (χ0) is 14.4. The highest BCUT2D eigenvalue weighted by molar-refractivity contribution is 7.99. The van der Waals surface area contributed by atoms with Crippen LogP contribution in [-0.4, -0.2) is 34.1 Å². The van der Waals surface area contributed by atoms with Gasteiger partial charge in [-0.2, -0.15) is 0 Å². The molecule has 0 bridgehead atoms. The number of nitrogens with zero attached hydrogens (tertiary/aromatic N) is 1. The van der Waals surface area contributed by atoms with Crippen LogP contribution in [-0.2, 0) is 9.53 Å². The van der Waals surface area contributed by atoms with Crippen molar-refractivity contribution in [2.45, 2.75) is 18.3 Å². The highest BCUT2D eigenvalue weighted by atomic mass is 32.2. The Balaban J connectivity index is 2.96. The molecule has 1 N–H and O–H groups in total. The van der Waals surface area contributed by atoms with Gasteiger partial charge in [-0.25, -0.2) is 0 Å². The summed E-state index contributed by atoms with van der Waals surface area (Å²) in [5.74, 6) is -0.533. The second kappa shape index (κ2) is 7.10. The topological polar surface area (TPSA) is 89.7 Å². The average Bonchev–Trinajstić information content (AvgIpc) is 2.39. The van der Waals surface area contributed by atoms with E-state index in [4.69, 9.17) is 4.74 Å². The van der Waals surface area contributed by atoms with E-state index in [2.05, 4.69) is 0 Å². The molecule has 0 fully saturated rings. The first kappa shape index (κ1) is 15.5. The molecule has 0 saturated carbocycles. The van der Waals surface area contributed by atoms with Gasteiger partial charge in [0.25, 0.3) is 5.69 Å². The number of ether oxygens (including phenoxy) is 1.